The molecule has 0 saturated heterocycles. The number of ketones is 1. The van der Waals surface area contributed by atoms with Crippen LogP contribution in [0.25, 0.3) is 5.65 Å². The highest BCUT2D eigenvalue weighted by atomic mass is 19.4. The first-order chi connectivity index (χ1) is 8.29. The standard InChI is InChI=1S/C10H9F3N4O/c1-5(14)9(18)6-3-15-8-2-7(10(11,12)13)16-17(8)4-6/h2-5H,14H2,1H3. The zero-order valence-electron chi connectivity index (χ0n) is 9.27. The van der Waals surface area contributed by atoms with Gasteiger partial charge in [-0.15, -0.1) is 0 Å². The zero-order chi connectivity index (χ0) is 13.5. The number of alkyl halides is 3. The fourth-order valence-electron chi connectivity index (χ4n) is 1.41. The lowest BCUT2D eigenvalue weighted by Gasteiger charge is -2.03. The zero-order valence-corrected chi connectivity index (χ0v) is 9.27. The number of Topliss-reactive ketones (excluding diaryl/α,β-unsaturated/α-hetero) is 1. The van der Waals surface area contributed by atoms with Gasteiger partial charge in [0.2, 0.25) is 0 Å². The van der Waals surface area contributed by atoms with Crippen molar-refractivity contribution in [2.45, 2.75) is 19.1 Å². The number of halogens is 3. The summed E-state index contributed by atoms with van der Waals surface area (Å²) >= 11 is 0. The topological polar surface area (TPSA) is 73.3 Å². The molecule has 0 fully saturated rings. The van der Waals surface area contributed by atoms with Gasteiger partial charge in [-0.2, -0.15) is 18.3 Å². The van der Waals surface area contributed by atoms with Crippen LogP contribution < -0.4 is 5.73 Å². The number of fused-ring (bicyclic) bond motifs is 1. The van der Waals surface area contributed by atoms with Crippen LogP contribution in [-0.2, 0) is 6.18 Å². The van der Waals surface area contributed by atoms with E-state index >= 15 is 0 Å². The summed E-state index contributed by atoms with van der Waals surface area (Å²) in [5.41, 5.74) is 4.48. The average Bonchev–Trinajstić information content (AvgIpc) is 2.69. The van der Waals surface area contributed by atoms with Crippen LogP contribution in [0.4, 0.5) is 13.2 Å². The Morgan fingerprint density at radius 2 is 2.17 bits per heavy atom. The van der Waals surface area contributed by atoms with Crippen LogP contribution in [0, 0.1) is 0 Å². The molecule has 2 aromatic rings. The molecule has 2 heterocycles. The van der Waals surface area contributed by atoms with Crippen molar-refractivity contribution < 1.29 is 18.0 Å². The quantitative estimate of drug-likeness (QED) is 0.823. The SMILES string of the molecule is CC(N)C(=O)c1cnc2cc(C(F)(F)F)nn2c1. The fraction of sp³-hybridized carbons (Fsp3) is 0.300. The minimum Gasteiger partial charge on any atom is -0.321 e. The van der Waals surface area contributed by atoms with Crippen molar-refractivity contribution in [3.05, 3.63) is 29.7 Å². The maximum Gasteiger partial charge on any atom is 0.435 e. The van der Waals surface area contributed by atoms with Crippen LogP contribution in [0.1, 0.15) is 23.0 Å². The lowest BCUT2D eigenvalue weighted by Crippen LogP contribution is -2.27. The van der Waals surface area contributed by atoms with Crippen molar-refractivity contribution in [1.82, 2.24) is 14.6 Å². The van der Waals surface area contributed by atoms with Crippen molar-refractivity contribution in [1.29, 1.82) is 0 Å². The van der Waals surface area contributed by atoms with Crippen LogP contribution in [0.5, 0.6) is 0 Å². The summed E-state index contributed by atoms with van der Waals surface area (Å²) in [6.07, 6.45) is -2.18. The van der Waals surface area contributed by atoms with E-state index in [2.05, 4.69) is 10.1 Å². The van der Waals surface area contributed by atoms with Crippen LogP contribution in [-0.4, -0.2) is 26.4 Å². The molecule has 0 amide bonds. The number of carbonyl (C=O) groups is 1. The lowest BCUT2D eigenvalue weighted by atomic mass is 10.1. The third-order valence-electron chi connectivity index (χ3n) is 2.30. The number of nitrogens with two attached hydrogens (primary N) is 1. The Labute approximate surface area is 99.4 Å². The summed E-state index contributed by atoms with van der Waals surface area (Å²) in [7, 11) is 0. The van der Waals surface area contributed by atoms with Gasteiger partial charge in [-0.1, -0.05) is 0 Å². The van der Waals surface area contributed by atoms with Crippen molar-refractivity contribution in [2.75, 3.05) is 0 Å². The van der Waals surface area contributed by atoms with E-state index in [4.69, 9.17) is 5.73 Å². The number of hydrogen-bond donors (Lipinski definition) is 1. The normalized spacial score (nSPS) is 13.8. The van der Waals surface area contributed by atoms with Crippen molar-refractivity contribution >= 4 is 11.4 Å². The fourth-order valence-corrected chi connectivity index (χ4v) is 1.41. The minimum atomic E-state index is -4.54. The highest BCUT2D eigenvalue weighted by Crippen LogP contribution is 2.28. The van der Waals surface area contributed by atoms with Gasteiger partial charge in [0.25, 0.3) is 0 Å². The Kier molecular flexibility index (Phi) is 2.81. The Balaban J connectivity index is 2.49. The summed E-state index contributed by atoms with van der Waals surface area (Å²) in [4.78, 5) is 15.3. The molecule has 0 aliphatic heterocycles. The Bertz CT molecular complexity index is 603. The van der Waals surface area contributed by atoms with E-state index < -0.39 is 23.7 Å². The molecule has 0 aliphatic rings. The van der Waals surface area contributed by atoms with E-state index in [1.807, 2.05) is 0 Å². The number of nitrogens with zero attached hydrogens (tertiary/aromatic N) is 3. The summed E-state index contributed by atoms with van der Waals surface area (Å²) in [6, 6.07) is 0.0574. The predicted octanol–water partition coefficient (Wildman–Crippen LogP) is 1.28. The average molecular weight is 258 g/mol. The number of carbonyl (C=O) groups excluding carboxylic acids is 1. The summed E-state index contributed by atoms with van der Waals surface area (Å²) in [6.45, 7) is 1.48. The van der Waals surface area contributed by atoms with E-state index in [0.29, 0.717) is 0 Å². The monoisotopic (exact) mass is 258 g/mol. The molecule has 2 aromatic heterocycles. The molecule has 18 heavy (non-hydrogen) atoms. The van der Waals surface area contributed by atoms with E-state index in [-0.39, 0.29) is 11.2 Å². The molecule has 0 spiro atoms. The molecule has 8 heteroatoms. The third kappa shape index (κ3) is 2.19. The van der Waals surface area contributed by atoms with Gasteiger partial charge < -0.3 is 5.73 Å². The Morgan fingerprint density at radius 3 is 2.72 bits per heavy atom. The molecular weight excluding hydrogens is 249 g/mol. The molecule has 5 nitrogen and oxygen atoms in total. The third-order valence-corrected chi connectivity index (χ3v) is 2.30. The lowest BCUT2D eigenvalue weighted by molar-refractivity contribution is -0.141. The number of aromatic nitrogens is 3. The molecule has 0 aromatic carbocycles. The first kappa shape index (κ1) is 12.5. The van der Waals surface area contributed by atoms with Crippen LogP contribution in [0.15, 0.2) is 18.5 Å². The number of rotatable bonds is 2. The second kappa shape index (κ2) is 4.05. The van der Waals surface area contributed by atoms with Gasteiger partial charge >= 0.3 is 6.18 Å². The Morgan fingerprint density at radius 1 is 1.50 bits per heavy atom. The van der Waals surface area contributed by atoms with Gasteiger partial charge in [0.05, 0.1) is 11.6 Å². The molecular formula is C10H9F3N4O. The van der Waals surface area contributed by atoms with E-state index in [0.717, 1.165) is 10.6 Å². The van der Waals surface area contributed by atoms with Crippen LogP contribution in [0.3, 0.4) is 0 Å². The minimum absolute atomic E-state index is 0.0172. The molecule has 96 valence electrons. The van der Waals surface area contributed by atoms with Gasteiger partial charge in [-0.05, 0) is 6.92 Å². The molecule has 2 N–H and O–H groups in total. The second-order valence-electron chi connectivity index (χ2n) is 3.83. The van der Waals surface area contributed by atoms with Gasteiger partial charge in [0.15, 0.2) is 17.1 Å². The smallest absolute Gasteiger partial charge is 0.321 e. The van der Waals surface area contributed by atoms with Crippen molar-refractivity contribution in [2.24, 2.45) is 5.73 Å². The molecule has 0 bridgehead atoms. The van der Waals surface area contributed by atoms with E-state index in [1.54, 1.807) is 0 Å². The largest absolute Gasteiger partial charge is 0.435 e. The van der Waals surface area contributed by atoms with Crippen LogP contribution >= 0.6 is 0 Å². The van der Waals surface area contributed by atoms with Gasteiger partial charge in [-0.3, -0.25) is 4.79 Å². The van der Waals surface area contributed by atoms with Gasteiger partial charge in [0.1, 0.15) is 0 Å². The van der Waals surface area contributed by atoms with Crippen molar-refractivity contribution in [3.8, 4) is 0 Å². The summed E-state index contributed by atoms with van der Waals surface area (Å²) < 4.78 is 38.2. The molecule has 1 unspecified atom stereocenters. The van der Waals surface area contributed by atoms with Gasteiger partial charge in [-0.25, -0.2) is 9.50 Å². The van der Waals surface area contributed by atoms with E-state index in [1.165, 1.54) is 19.3 Å². The van der Waals surface area contributed by atoms with Gasteiger partial charge in [0, 0.05) is 18.5 Å². The van der Waals surface area contributed by atoms with Crippen molar-refractivity contribution in [3.63, 3.8) is 0 Å². The molecule has 0 radical (unpaired) electrons. The first-order valence-corrected chi connectivity index (χ1v) is 5.01. The molecule has 0 saturated carbocycles. The maximum atomic E-state index is 12.4. The number of hydrogen-bond acceptors (Lipinski definition) is 4. The Hall–Kier alpha value is -1.96. The highest BCUT2D eigenvalue weighted by molar-refractivity contribution is 5.99. The first-order valence-electron chi connectivity index (χ1n) is 5.01. The van der Waals surface area contributed by atoms with E-state index in [9.17, 15) is 18.0 Å². The van der Waals surface area contributed by atoms with Crippen LogP contribution in [0.2, 0.25) is 0 Å². The second-order valence-corrected chi connectivity index (χ2v) is 3.83. The molecule has 0 aliphatic carbocycles. The summed E-state index contributed by atoms with van der Waals surface area (Å²) in [5.74, 6) is -0.409. The maximum absolute atomic E-state index is 12.4. The molecule has 2 rings (SSSR count). The highest BCUT2D eigenvalue weighted by Gasteiger charge is 2.34. The summed E-state index contributed by atoms with van der Waals surface area (Å²) in [5, 5.41) is 3.32. The molecule has 1 atom stereocenters. The predicted molar refractivity (Wildman–Crippen MR) is 56.0 cm³/mol.